The van der Waals surface area contributed by atoms with Gasteiger partial charge in [0.05, 0.1) is 21.7 Å². The number of furan rings is 1. The fourth-order valence-corrected chi connectivity index (χ4v) is 12.7. The molecule has 2 nitrogen and oxygen atoms in total. The Labute approximate surface area is 249 Å². The van der Waals surface area contributed by atoms with E-state index in [1.165, 1.54) is 43.5 Å². The molecule has 41 heavy (non-hydrogen) atoms. The van der Waals surface area contributed by atoms with E-state index >= 15 is 0 Å². The predicted molar refractivity (Wildman–Crippen MR) is 184 cm³/mol. The van der Waals surface area contributed by atoms with E-state index < -0.39 is 16.1 Å². The normalized spacial score (nSPS) is 13.4. The van der Waals surface area contributed by atoms with Crippen molar-refractivity contribution in [3.8, 4) is 22.4 Å². The van der Waals surface area contributed by atoms with Crippen LogP contribution in [0.1, 0.15) is 47.1 Å². The van der Waals surface area contributed by atoms with E-state index in [1.807, 2.05) is 0 Å². The summed E-state index contributed by atoms with van der Waals surface area (Å²) in [5.41, 5.74) is 7.96. The van der Waals surface area contributed by atoms with Crippen molar-refractivity contribution >= 4 is 48.5 Å². The van der Waals surface area contributed by atoms with Crippen LogP contribution in [0.25, 0.3) is 44.3 Å². The minimum atomic E-state index is -1.83. The van der Waals surface area contributed by atoms with Crippen molar-refractivity contribution in [2.45, 2.75) is 84.7 Å². The summed E-state index contributed by atoms with van der Waals surface area (Å²) in [7, 11) is -1.16. The Kier molecular flexibility index (Phi) is 7.07. The monoisotopic (exact) mass is 578 g/mol. The van der Waals surface area contributed by atoms with E-state index in [4.69, 9.17) is 4.42 Å². The maximum Gasteiger partial charge on any atom is 0.216 e. The Bertz CT molecular complexity index is 1740. The summed E-state index contributed by atoms with van der Waals surface area (Å²) >= 11 is 0. The van der Waals surface area contributed by atoms with Crippen molar-refractivity contribution in [3.63, 3.8) is 0 Å². The van der Waals surface area contributed by atoms with Gasteiger partial charge in [0.1, 0.15) is 18.2 Å². The number of fused-ring (bicyclic) bond motifs is 3. The second-order valence-electron chi connectivity index (χ2n) is 15.3. The van der Waals surface area contributed by atoms with Gasteiger partial charge in [0, 0.05) is 28.5 Å². The minimum Gasteiger partial charge on any atom is -0.454 e. The molecule has 5 aromatic rings. The second kappa shape index (κ2) is 9.81. The first-order valence-corrected chi connectivity index (χ1v) is 21.0. The molecule has 0 atom stereocenters. The first kappa shape index (κ1) is 29.5. The molecule has 2 aromatic heterocycles. The number of hydrogen-bond donors (Lipinski definition) is 0. The van der Waals surface area contributed by atoms with Gasteiger partial charge in [-0.15, -0.1) is 0 Å². The van der Waals surface area contributed by atoms with Crippen LogP contribution in [0.2, 0.25) is 36.3 Å². The third-order valence-electron chi connectivity index (χ3n) is 9.92. The molecule has 0 saturated carbocycles. The lowest BCUT2D eigenvalue weighted by Gasteiger charge is -2.50. The fraction of sp³-hybridized carbons (Fsp3) is 0.378. The number of rotatable bonds is 4. The van der Waals surface area contributed by atoms with Crippen LogP contribution < -0.4 is 14.9 Å². The average Bonchev–Trinajstić information content (AvgIpc) is 3.25. The molecule has 0 unspecified atom stereocenters. The van der Waals surface area contributed by atoms with E-state index in [2.05, 4.69) is 159 Å². The lowest BCUT2D eigenvalue weighted by molar-refractivity contribution is -0.660. The summed E-state index contributed by atoms with van der Waals surface area (Å²) in [4.78, 5) is 0. The maximum atomic E-state index is 6.90. The molecule has 0 saturated heterocycles. The van der Waals surface area contributed by atoms with Crippen LogP contribution in [0, 0.1) is 6.92 Å². The van der Waals surface area contributed by atoms with Crippen molar-refractivity contribution in [2.24, 2.45) is 7.05 Å². The molecular weight excluding hydrogens is 531 g/mol. The molecule has 0 aliphatic carbocycles. The molecule has 0 amide bonds. The summed E-state index contributed by atoms with van der Waals surface area (Å²) in [6.07, 6.45) is 2.21. The zero-order chi connectivity index (χ0) is 30.1. The largest absolute Gasteiger partial charge is 0.454 e. The van der Waals surface area contributed by atoms with Crippen molar-refractivity contribution in [2.75, 3.05) is 0 Å². The van der Waals surface area contributed by atoms with Crippen LogP contribution in [0.5, 0.6) is 0 Å². The molecule has 0 bridgehead atoms. The SMILES string of the molecule is Cc1ccc2c(oc3c(-c4ccc([Si](C)(C(C)(C)C)C(C)(C)C)cc4)cccc32)c1-c1cc([Si](C)(C)C)cc[n+]1C. The van der Waals surface area contributed by atoms with Crippen LogP contribution in [0.4, 0.5) is 0 Å². The van der Waals surface area contributed by atoms with Gasteiger partial charge in [0.25, 0.3) is 0 Å². The molecular formula is C37H48NOSi2+. The number of nitrogens with zero attached hydrogens (tertiary/aromatic N) is 1. The Balaban J connectivity index is 1.70. The summed E-state index contributed by atoms with van der Waals surface area (Å²) in [5, 5.41) is 5.84. The zero-order valence-corrected chi connectivity index (χ0v) is 29.3. The molecule has 0 N–H and O–H groups in total. The highest BCUT2D eigenvalue weighted by molar-refractivity contribution is 6.95. The first-order valence-electron chi connectivity index (χ1n) is 15.0. The Hall–Kier alpha value is -2.96. The van der Waals surface area contributed by atoms with Gasteiger partial charge in [-0.2, -0.15) is 0 Å². The number of para-hydroxylation sites is 1. The van der Waals surface area contributed by atoms with Gasteiger partial charge in [-0.25, -0.2) is 4.57 Å². The molecule has 0 aliphatic heterocycles. The van der Waals surface area contributed by atoms with E-state index in [-0.39, 0.29) is 10.1 Å². The molecule has 0 radical (unpaired) electrons. The predicted octanol–water partition coefficient (Wildman–Crippen LogP) is 9.48. The lowest BCUT2D eigenvalue weighted by Crippen LogP contribution is -2.58. The van der Waals surface area contributed by atoms with Crippen molar-refractivity contribution in [1.82, 2.24) is 0 Å². The quantitative estimate of drug-likeness (QED) is 0.153. The lowest BCUT2D eigenvalue weighted by atomic mass is 9.99. The highest BCUT2D eigenvalue weighted by Gasteiger charge is 2.50. The summed E-state index contributed by atoms with van der Waals surface area (Å²) in [6, 6.07) is 25.2. The van der Waals surface area contributed by atoms with Crippen molar-refractivity contribution < 1.29 is 8.98 Å². The molecule has 2 heterocycles. The Morgan fingerprint density at radius 2 is 1.29 bits per heavy atom. The van der Waals surface area contributed by atoms with E-state index in [0.29, 0.717) is 0 Å². The smallest absolute Gasteiger partial charge is 0.216 e. The fourth-order valence-electron chi connectivity index (χ4n) is 6.76. The zero-order valence-electron chi connectivity index (χ0n) is 27.3. The summed E-state index contributed by atoms with van der Waals surface area (Å²) in [6.45, 7) is 26.5. The Morgan fingerprint density at radius 3 is 1.88 bits per heavy atom. The van der Waals surface area contributed by atoms with Crippen molar-refractivity contribution in [1.29, 1.82) is 0 Å². The average molecular weight is 579 g/mol. The van der Waals surface area contributed by atoms with Crippen molar-refractivity contribution in [3.05, 3.63) is 78.5 Å². The number of aromatic nitrogens is 1. The Morgan fingerprint density at radius 1 is 0.683 bits per heavy atom. The van der Waals surface area contributed by atoms with Crippen LogP contribution in [-0.2, 0) is 7.05 Å². The van der Waals surface area contributed by atoms with Gasteiger partial charge in [0.15, 0.2) is 6.20 Å². The number of aryl methyl sites for hydroxylation is 2. The number of pyridine rings is 1. The molecule has 0 aliphatic rings. The molecule has 0 fully saturated rings. The third-order valence-corrected chi connectivity index (χ3v) is 19.5. The molecule has 0 spiro atoms. The molecule has 214 valence electrons. The minimum absolute atomic E-state index is 0.253. The molecule has 3 aromatic carbocycles. The van der Waals surface area contributed by atoms with Crippen LogP contribution in [-0.4, -0.2) is 16.1 Å². The van der Waals surface area contributed by atoms with E-state index in [9.17, 15) is 0 Å². The number of hydrogen-bond acceptors (Lipinski definition) is 1. The van der Waals surface area contributed by atoms with E-state index in [1.54, 1.807) is 0 Å². The topological polar surface area (TPSA) is 17.0 Å². The van der Waals surface area contributed by atoms with Gasteiger partial charge in [0.2, 0.25) is 5.69 Å². The molecule has 4 heteroatoms. The highest BCUT2D eigenvalue weighted by Crippen LogP contribution is 2.50. The van der Waals surface area contributed by atoms with Gasteiger partial charge >= 0.3 is 0 Å². The van der Waals surface area contributed by atoms with Gasteiger partial charge in [-0.3, -0.25) is 0 Å². The van der Waals surface area contributed by atoms with Crippen LogP contribution >= 0.6 is 0 Å². The van der Waals surface area contributed by atoms with Gasteiger partial charge in [-0.05, 0) is 33.3 Å². The van der Waals surface area contributed by atoms with E-state index in [0.717, 1.165) is 16.7 Å². The third kappa shape index (κ3) is 4.83. The van der Waals surface area contributed by atoms with Gasteiger partial charge in [-0.1, -0.05) is 128 Å². The summed E-state index contributed by atoms with van der Waals surface area (Å²) < 4.78 is 9.14. The van der Waals surface area contributed by atoms with Crippen LogP contribution in [0.15, 0.2) is 77.3 Å². The number of benzene rings is 3. The standard InChI is InChI=1S/C37H48NOSi2/c1-25-16-21-31-30-15-13-14-29(26-17-19-27(20-18-26)41(12,36(2,3)4)37(5,6)7)34(30)39-35(31)33(25)32-24-28(40(9,10)11)22-23-38(32)8/h13-24H,1-12H3/q+1. The van der Waals surface area contributed by atoms with Gasteiger partial charge < -0.3 is 4.42 Å². The second-order valence-corrected chi connectivity index (χ2v) is 26.2. The first-order chi connectivity index (χ1) is 18.9. The maximum absolute atomic E-state index is 6.90. The van der Waals surface area contributed by atoms with Crippen LogP contribution in [0.3, 0.4) is 0 Å². The highest BCUT2D eigenvalue weighted by atomic mass is 28.3. The summed E-state index contributed by atoms with van der Waals surface area (Å²) in [5.74, 6) is 0. The molecule has 5 rings (SSSR count).